The van der Waals surface area contributed by atoms with Gasteiger partial charge in [0.1, 0.15) is 10.7 Å². The smallest absolute Gasteiger partial charge is 0.349 e. The van der Waals surface area contributed by atoms with Crippen molar-refractivity contribution in [3.8, 4) is 0 Å². The number of aromatic nitrogens is 1. The molecular formula is C22H22FNO6S. The number of ketones is 1. The Balaban J connectivity index is 1.89. The number of aromatic amines is 1. The van der Waals surface area contributed by atoms with E-state index in [0.29, 0.717) is 26.9 Å². The first-order chi connectivity index (χ1) is 14.7. The van der Waals surface area contributed by atoms with Crippen LogP contribution in [-0.4, -0.2) is 43.0 Å². The van der Waals surface area contributed by atoms with Gasteiger partial charge in [-0.25, -0.2) is 14.0 Å². The number of methoxy groups -OCH3 is 2. The number of halogens is 1. The molecule has 7 nitrogen and oxygen atoms in total. The molecule has 0 radical (unpaired) electrons. The summed E-state index contributed by atoms with van der Waals surface area (Å²) in [5.74, 6) is -2.27. The minimum Gasteiger partial charge on any atom is -0.465 e. The molecule has 3 aromatic rings. The average molecular weight is 447 g/mol. The van der Waals surface area contributed by atoms with Gasteiger partial charge in [-0.15, -0.1) is 11.3 Å². The molecule has 0 saturated carbocycles. The number of esters is 2. The fourth-order valence-corrected chi connectivity index (χ4v) is 4.59. The minimum atomic E-state index is -1.14. The Hall–Kier alpha value is -3.04. The van der Waals surface area contributed by atoms with E-state index in [1.165, 1.54) is 27.2 Å². The number of H-pyrrole nitrogens is 1. The lowest BCUT2D eigenvalue weighted by Gasteiger charge is -2.12. The van der Waals surface area contributed by atoms with Gasteiger partial charge in [0.25, 0.3) is 0 Å². The van der Waals surface area contributed by atoms with Gasteiger partial charge in [0.2, 0.25) is 5.78 Å². The van der Waals surface area contributed by atoms with Gasteiger partial charge in [-0.05, 0) is 38.5 Å². The molecule has 0 aliphatic rings. The standard InChI is InChI=1S/C22H22FNO6S/c1-10-16(21(26)29-5)11(2)24-18(10)19(25)12(3)30-22(27)20-13(9-28-4)17-14(23)7-6-8-15(17)31-20/h6-8,12,24H,9H2,1-5H3. The van der Waals surface area contributed by atoms with Gasteiger partial charge in [0, 0.05) is 28.5 Å². The summed E-state index contributed by atoms with van der Waals surface area (Å²) in [6.45, 7) is 4.72. The molecule has 0 aliphatic carbocycles. The molecule has 1 N–H and O–H groups in total. The highest BCUT2D eigenvalue weighted by Gasteiger charge is 2.29. The van der Waals surface area contributed by atoms with Crippen molar-refractivity contribution in [1.29, 1.82) is 0 Å². The summed E-state index contributed by atoms with van der Waals surface area (Å²) < 4.78 is 30.2. The molecule has 1 unspecified atom stereocenters. The number of Topliss-reactive ketones (excluding diaryl/α,β-unsaturated/α-hetero) is 1. The van der Waals surface area contributed by atoms with Crippen molar-refractivity contribution in [1.82, 2.24) is 4.98 Å². The molecule has 0 saturated heterocycles. The second-order valence-corrected chi connectivity index (χ2v) is 8.04. The number of rotatable bonds is 7. The van der Waals surface area contributed by atoms with Crippen LogP contribution < -0.4 is 0 Å². The van der Waals surface area contributed by atoms with Crippen LogP contribution >= 0.6 is 11.3 Å². The number of thiophene rings is 1. The molecule has 0 aliphatic heterocycles. The summed E-state index contributed by atoms with van der Waals surface area (Å²) in [6, 6.07) is 4.57. The van der Waals surface area contributed by atoms with Gasteiger partial charge in [-0.3, -0.25) is 4.79 Å². The van der Waals surface area contributed by atoms with Gasteiger partial charge in [0.05, 0.1) is 25.0 Å². The maximum absolute atomic E-state index is 14.3. The van der Waals surface area contributed by atoms with E-state index in [9.17, 15) is 18.8 Å². The van der Waals surface area contributed by atoms with Crippen LogP contribution in [0.15, 0.2) is 18.2 Å². The zero-order chi connectivity index (χ0) is 22.9. The van der Waals surface area contributed by atoms with Gasteiger partial charge in [-0.2, -0.15) is 0 Å². The lowest BCUT2D eigenvalue weighted by atomic mass is 10.1. The number of benzene rings is 1. The summed E-state index contributed by atoms with van der Waals surface area (Å²) in [7, 11) is 2.70. The van der Waals surface area contributed by atoms with Crippen LogP contribution in [0.4, 0.5) is 4.39 Å². The monoisotopic (exact) mass is 447 g/mol. The van der Waals surface area contributed by atoms with E-state index in [1.54, 1.807) is 26.0 Å². The number of fused-ring (bicyclic) bond motifs is 1. The van der Waals surface area contributed by atoms with Crippen LogP contribution in [0.5, 0.6) is 0 Å². The molecule has 0 fully saturated rings. The molecule has 0 spiro atoms. The van der Waals surface area contributed by atoms with Crippen LogP contribution in [0.25, 0.3) is 10.1 Å². The quantitative estimate of drug-likeness (QED) is 0.428. The molecular weight excluding hydrogens is 425 g/mol. The maximum Gasteiger partial charge on any atom is 0.349 e. The first kappa shape index (κ1) is 22.6. The largest absolute Gasteiger partial charge is 0.465 e. The highest BCUT2D eigenvalue weighted by Crippen LogP contribution is 2.34. The van der Waals surface area contributed by atoms with E-state index in [-0.39, 0.29) is 22.7 Å². The highest BCUT2D eigenvalue weighted by molar-refractivity contribution is 7.21. The summed E-state index contributed by atoms with van der Waals surface area (Å²) in [6.07, 6.45) is -1.14. The normalized spacial score (nSPS) is 12.1. The number of hydrogen-bond donors (Lipinski definition) is 1. The molecule has 2 aromatic heterocycles. The van der Waals surface area contributed by atoms with Gasteiger partial charge in [-0.1, -0.05) is 6.07 Å². The van der Waals surface area contributed by atoms with Crippen LogP contribution in [0, 0.1) is 19.7 Å². The number of carbonyl (C=O) groups is 3. The van der Waals surface area contributed by atoms with E-state index in [1.807, 2.05) is 0 Å². The second kappa shape index (κ2) is 8.99. The Labute approximate surface area is 182 Å². The van der Waals surface area contributed by atoms with Crippen molar-refractivity contribution in [2.24, 2.45) is 0 Å². The summed E-state index contributed by atoms with van der Waals surface area (Å²) in [5.41, 5.74) is 1.71. The predicted octanol–water partition coefficient (Wildman–Crippen LogP) is 4.35. The third-order valence-corrected chi connectivity index (χ3v) is 6.14. The molecule has 9 heteroatoms. The summed E-state index contributed by atoms with van der Waals surface area (Å²) in [5, 5.41) is 0.304. The Morgan fingerprint density at radius 3 is 2.52 bits per heavy atom. The molecule has 3 rings (SSSR count). The van der Waals surface area contributed by atoms with E-state index >= 15 is 0 Å². The summed E-state index contributed by atoms with van der Waals surface area (Å²) in [4.78, 5) is 40.8. The zero-order valence-electron chi connectivity index (χ0n) is 17.8. The Morgan fingerprint density at radius 1 is 1.16 bits per heavy atom. The Kier molecular flexibility index (Phi) is 6.56. The fourth-order valence-electron chi connectivity index (χ4n) is 3.49. The lowest BCUT2D eigenvalue weighted by Crippen LogP contribution is -2.25. The van der Waals surface area contributed by atoms with Crippen molar-refractivity contribution < 1.29 is 33.0 Å². The Morgan fingerprint density at radius 2 is 1.87 bits per heavy atom. The van der Waals surface area contributed by atoms with Gasteiger partial charge in [0.15, 0.2) is 6.10 Å². The van der Waals surface area contributed by atoms with Crippen molar-refractivity contribution in [2.45, 2.75) is 33.5 Å². The van der Waals surface area contributed by atoms with Crippen molar-refractivity contribution in [3.05, 3.63) is 57.0 Å². The maximum atomic E-state index is 14.3. The molecule has 0 bridgehead atoms. The van der Waals surface area contributed by atoms with Crippen LogP contribution in [0.1, 0.15) is 54.3 Å². The van der Waals surface area contributed by atoms with Crippen LogP contribution in [0.2, 0.25) is 0 Å². The molecule has 31 heavy (non-hydrogen) atoms. The molecule has 164 valence electrons. The zero-order valence-corrected chi connectivity index (χ0v) is 18.6. The first-order valence-electron chi connectivity index (χ1n) is 9.42. The Bertz CT molecular complexity index is 1180. The van der Waals surface area contributed by atoms with Crippen molar-refractivity contribution >= 4 is 39.1 Å². The number of nitrogens with one attached hydrogen (secondary N) is 1. The predicted molar refractivity (Wildman–Crippen MR) is 113 cm³/mol. The molecule has 1 atom stereocenters. The third kappa shape index (κ3) is 4.11. The van der Waals surface area contributed by atoms with Crippen molar-refractivity contribution in [3.63, 3.8) is 0 Å². The minimum absolute atomic E-state index is 0.0190. The number of ether oxygens (including phenoxy) is 3. The third-order valence-electron chi connectivity index (χ3n) is 4.96. The SMILES string of the molecule is COCc1c(C(=O)OC(C)C(=O)c2[nH]c(C)c(C(=O)OC)c2C)sc2cccc(F)c12. The molecule has 1 aromatic carbocycles. The van der Waals surface area contributed by atoms with Crippen LogP contribution in [0.3, 0.4) is 0 Å². The number of hydrogen-bond acceptors (Lipinski definition) is 7. The highest BCUT2D eigenvalue weighted by atomic mass is 32.1. The number of aryl methyl sites for hydroxylation is 1. The average Bonchev–Trinajstić information content (AvgIpc) is 3.25. The number of carbonyl (C=O) groups excluding carboxylic acids is 3. The first-order valence-corrected chi connectivity index (χ1v) is 10.2. The molecule has 2 heterocycles. The van der Waals surface area contributed by atoms with E-state index in [4.69, 9.17) is 14.2 Å². The van der Waals surface area contributed by atoms with E-state index in [2.05, 4.69) is 4.98 Å². The molecule has 0 amide bonds. The van der Waals surface area contributed by atoms with Crippen molar-refractivity contribution in [2.75, 3.05) is 14.2 Å². The lowest BCUT2D eigenvalue weighted by molar-refractivity contribution is 0.0318. The van der Waals surface area contributed by atoms with Crippen LogP contribution in [-0.2, 0) is 20.8 Å². The van der Waals surface area contributed by atoms with Gasteiger partial charge < -0.3 is 19.2 Å². The fraction of sp³-hybridized carbons (Fsp3) is 0.318. The second-order valence-electron chi connectivity index (χ2n) is 6.98. The van der Waals surface area contributed by atoms with E-state index in [0.717, 1.165) is 11.3 Å². The summed E-state index contributed by atoms with van der Waals surface area (Å²) >= 11 is 1.08. The van der Waals surface area contributed by atoms with E-state index < -0.39 is 29.6 Å². The topological polar surface area (TPSA) is 94.7 Å². The van der Waals surface area contributed by atoms with Gasteiger partial charge >= 0.3 is 11.9 Å².